The number of hydrogen-bond acceptors (Lipinski definition) is 6. The highest BCUT2D eigenvalue weighted by Gasteiger charge is 2.19. The van der Waals surface area contributed by atoms with E-state index in [2.05, 4.69) is 22.4 Å². The van der Waals surface area contributed by atoms with Crippen molar-refractivity contribution in [2.75, 3.05) is 5.32 Å². The summed E-state index contributed by atoms with van der Waals surface area (Å²) in [5.74, 6) is -0.0788. The summed E-state index contributed by atoms with van der Waals surface area (Å²) in [4.78, 5) is 28.5. The number of rotatable bonds is 8. The maximum atomic E-state index is 12.2. The SMILES string of the molecule is CCc1ccc(NC(=O)C(C)OC(=O)CCc2nc(-c3ccccc3)no2)cc1. The van der Waals surface area contributed by atoms with Crippen LogP contribution in [0, 0.1) is 0 Å². The molecule has 1 atom stereocenters. The molecule has 0 bridgehead atoms. The Kier molecular flexibility index (Phi) is 6.73. The number of amides is 1. The summed E-state index contributed by atoms with van der Waals surface area (Å²) < 4.78 is 10.4. The van der Waals surface area contributed by atoms with Crippen LogP contribution in [0.5, 0.6) is 0 Å². The van der Waals surface area contributed by atoms with Gasteiger partial charge in [0.15, 0.2) is 6.10 Å². The number of ether oxygens (including phenoxy) is 1. The number of hydrogen-bond donors (Lipinski definition) is 1. The van der Waals surface area contributed by atoms with Crippen molar-refractivity contribution in [1.82, 2.24) is 10.1 Å². The summed E-state index contributed by atoms with van der Waals surface area (Å²) in [6.45, 7) is 3.60. The highest BCUT2D eigenvalue weighted by atomic mass is 16.5. The molecule has 0 spiro atoms. The fourth-order valence-electron chi connectivity index (χ4n) is 2.65. The summed E-state index contributed by atoms with van der Waals surface area (Å²) >= 11 is 0. The second-order valence-corrected chi connectivity index (χ2v) is 6.55. The van der Waals surface area contributed by atoms with Crippen LogP contribution in [-0.4, -0.2) is 28.1 Å². The van der Waals surface area contributed by atoms with E-state index in [4.69, 9.17) is 9.26 Å². The first-order valence-corrected chi connectivity index (χ1v) is 9.52. The minimum Gasteiger partial charge on any atom is -0.453 e. The zero-order valence-corrected chi connectivity index (χ0v) is 16.4. The van der Waals surface area contributed by atoms with E-state index >= 15 is 0 Å². The van der Waals surface area contributed by atoms with Gasteiger partial charge in [-0.2, -0.15) is 4.98 Å². The van der Waals surface area contributed by atoms with Gasteiger partial charge in [0.2, 0.25) is 11.7 Å². The maximum Gasteiger partial charge on any atom is 0.307 e. The molecule has 0 radical (unpaired) electrons. The molecule has 150 valence electrons. The molecule has 1 amide bonds. The molecule has 2 aromatic carbocycles. The number of esters is 1. The van der Waals surface area contributed by atoms with Gasteiger partial charge >= 0.3 is 5.97 Å². The first-order chi connectivity index (χ1) is 14.0. The lowest BCUT2D eigenvalue weighted by Crippen LogP contribution is -2.30. The van der Waals surface area contributed by atoms with Crippen molar-refractivity contribution in [2.45, 2.75) is 39.2 Å². The van der Waals surface area contributed by atoms with Gasteiger partial charge in [0, 0.05) is 17.7 Å². The Morgan fingerprint density at radius 3 is 2.52 bits per heavy atom. The molecular weight excluding hydrogens is 370 g/mol. The van der Waals surface area contributed by atoms with Crippen LogP contribution >= 0.6 is 0 Å². The maximum absolute atomic E-state index is 12.2. The van der Waals surface area contributed by atoms with Crippen LogP contribution in [0.2, 0.25) is 0 Å². The lowest BCUT2D eigenvalue weighted by molar-refractivity contribution is -0.153. The van der Waals surface area contributed by atoms with Crippen LogP contribution < -0.4 is 5.32 Å². The van der Waals surface area contributed by atoms with E-state index in [9.17, 15) is 9.59 Å². The number of anilines is 1. The predicted molar refractivity (Wildman–Crippen MR) is 108 cm³/mol. The number of carbonyl (C=O) groups is 2. The third kappa shape index (κ3) is 5.75. The van der Waals surface area contributed by atoms with E-state index < -0.39 is 12.1 Å². The number of carbonyl (C=O) groups excluding carboxylic acids is 2. The monoisotopic (exact) mass is 393 g/mol. The molecule has 0 fully saturated rings. The van der Waals surface area contributed by atoms with Crippen LogP contribution in [0.3, 0.4) is 0 Å². The minimum absolute atomic E-state index is 0.0409. The topological polar surface area (TPSA) is 94.3 Å². The predicted octanol–water partition coefficient (Wildman–Crippen LogP) is 3.80. The van der Waals surface area contributed by atoms with E-state index in [1.54, 1.807) is 0 Å². The molecule has 0 aliphatic heterocycles. The molecule has 29 heavy (non-hydrogen) atoms. The third-order valence-electron chi connectivity index (χ3n) is 4.35. The molecule has 1 unspecified atom stereocenters. The first-order valence-electron chi connectivity index (χ1n) is 9.52. The van der Waals surface area contributed by atoms with Gasteiger partial charge in [-0.3, -0.25) is 9.59 Å². The van der Waals surface area contributed by atoms with Crippen LogP contribution in [0.25, 0.3) is 11.4 Å². The minimum atomic E-state index is -0.907. The van der Waals surface area contributed by atoms with Crippen molar-refractivity contribution in [2.24, 2.45) is 0 Å². The summed E-state index contributed by atoms with van der Waals surface area (Å²) in [6.07, 6.45) is 0.302. The van der Waals surface area contributed by atoms with Crippen LogP contribution in [0.15, 0.2) is 59.1 Å². The normalized spacial score (nSPS) is 11.7. The number of nitrogens with zero attached hydrogens (tertiary/aromatic N) is 2. The van der Waals surface area contributed by atoms with Gasteiger partial charge in [-0.05, 0) is 31.0 Å². The van der Waals surface area contributed by atoms with Gasteiger partial charge in [-0.25, -0.2) is 0 Å². The molecule has 0 saturated heterocycles. The van der Waals surface area contributed by atoms with E-state index in [0.717, 1.165) is 12.0 Å². The number of aromatic nitrogens is 2. The number of aryl methyl sites for hydroxylation is 2. The Bertz CT molecular complexity index is 952. The van der Waals surface area contributed by atoms with Gasteiger partial charge in [0.05, 0.1) is 6.42 Å². The Morgan fingerprint density at radius 2 is 1.83 bits per heavy atom. The Balaban J connectivity index is 1.46. The average molecular weight is 393 g/mol. The van der Waals surface area contributed by atoms with Crippen LogP contribution in [0.1, 0.15) is 31.7 Å². The number of benzene rings is 2. The Labute approximate surface area is 169 Å². The van der Waals surface area contributed by atoms with Gasteiger partial charge < -0.3 is 14.6 Å². The van der Waals surface area contributed by atoms with Crippen LogP contribution in [-0.2, 0) is 27.2 Å². The molecular formula is C22H23N3O4. The lowest BCUT2D eigenvalue weighted by Gasteiger charge is -2.13. The second-order valence-electron chi connectivity index (χ2n) is 6.55. The summed E-state index contributed by atoms with van der Waals surface area (Å²) in [6, 6.07) is 17.0. The fourth-order valence-corrected chi connectivity index (χ4v) is 2.65. The zero-order valence-electron chi connectivity index (χ0n) is 16.4. The first kappa shape index (κ1) is 20.3. The molecule has 7 heteroatoms. The van der Waals surface area contributed by atoms with Crippen molar-refractivity contribution in [3.63, 3.8) is 0 Å². The molecule has 1 N–H and O–H groups in total. The lowest BCUT2D eigenvalue weighted by atomic mass is 10.1. The number of nitrogens with one attached hydrogen (secondary N) is 1. The molecule has 0 aliphatic rings. The highest BCUT2D eigenvalue weighted by molar-refractivity contribution is 5.95. The van der Waals surface area contributed by atoms with Gasteiger partial charge in [-0.1, -0.05) is 54.5 Å². The quantitative estimate of drug-likeness (QED) is 0.585. The standard InChI is InChI=1S/C22H23N3O4/c1-3-16-9-11-18(12-10-16)23-22(27)15(2)28-20(26)14-13-19-24-21(25-29-19)17-7-5-4-6-8-17/h4-12,15H,3,13-14H2,1-2H3,(H,23,27). The highest BCUT2D eigenvalue weighted by Crippen LogP contribution is 2.16. The van der Waals surface area contributed by atoms with Crippen LogP contribution in [0.4, 0.5) is 5.69 Å². The van der Waals surface area contributed by atoms with Crippen molar-refractivity contribution < 1.29 is 18.8 Å². The van der Waals surface area contributed by atoms with Crippen molar-refractivity contribution in [3.8, 4) is 11.4 Å². The van der Waals surface area contributed by atoms with E-state index in [0.29, 0.717) is 17.4 Å². The summed E-state index contributed by atoms with van der Waals surface area (Å²) in [7, 11) is 0. The van der Waals surface area contributed by atoms with Gasteiger partial charge in [0.25, 0.3) is 5.91 Å². The van der Waals surface area contributed by atoms with Crippen molar-refractivity contribution >= 4 is 17.6 Å². The summed E-state index contributed by atoms with van der Waals surface area (Å²) in [5.41, 5.74) is 2.68. The molecule has 1 heterocycles. The van der Waals surface area contributed by atoms with Gasteiger partial charge in [-0.15, -0.1) is 0 Å². The molecule has 0 aliphatic carbocycles. The molecule has 7 nitrogen and oxygen atoms in total. The summed E-state index contributed by atoms with van der Waals surface area (Å²) in [5, 5.41) is 6.65. The van der Waals surface area contributed by atoms with Crippen molar-refractivity contribution in [3.05, 3.63) is 66.1 Å². The second kappa shape index (κ2) is 9.64. The third-order valence-corrected chi connectivity index (χ3v) is 4.35. The molecule has 1 aromatic heterocycles. The molecule has 3 aromatic rings. The molecule has 3 rings (SSSR count). The Morgan fingerprint density at radius 1 is 1.10 bits per heavy atom. The average Bonchev–Trinajstić information content (AvgIpc) is 3.22. The largest absolute Gasteiger partial charge is 0.453 e. The van der Waals surface area contributed by atoms with Gasteiger partial charge in [0.1, 0.15) is 0 Å². The zero-order chi connectivity index (χ0) is 20.6. The van der Waals surface area contributed by atoms with E-state index in [-0.39, 0.29) is 18.7 Å². The molecule has 0 saturated carbocycles. The Hall–Kier alpha value is -3.48. The van der Waals surface area contributed by atoms with E-state index in [1.165, 1.54) is 12.5 Å². The smallest absolute Gasteiger partial charge is 0.307 e. The van der Waals surface area contributed by atoms with Crippen molar-refractivity contribution in [1.29, 1.82) is 0 Å². The fraction of sp³-hybridized carbons (Fsp3) is 0.273. The van der Waals surface area contributed by atoms with E-state index in [1.807, 2.05) is 54.6 Å².